The average molecular weight is 238 g/mol. The summed E-state index contributed by atoms with van der Waals surface area (Å²) in [5.74, 6) is 0.473. The Bertz CT molecular complexity index is 342. The topological polar surface area (TPSA) is 40.2 Å². The second kappa shape index (κ2) is 5.69. The quantitative estimate of drug-likeness (QED) is 0.827. The minimum Gasteiger partial charge on any atom is -0.379 e. The average Bonchev–Trinajstić information content (AvgIpc) is 2.74. The van der Waals surface area contributed by atoms with Gasteiger partial charge in [-0.05, 0) is 37.8 Å². The highest BCUT2D eigenvalue weighted by molar-refractivity contribution is 5.15. The highest BCUT2D eigenvalue weighted by atomic mass is 16.5. The number of methoxy groups -OCH3 is 1. The fourth-order valence-electron chi connectivity index (χ4n) is 1.68. The molecule has 98 valence electrons. The number of ether oxygens (including phenoxy) is 1. The van der Waals surface area contributed by atoms with E-state index in [-0.39, 0.29) is 11.6 Å². The van der Waals surface area contributed by atoms with E-state index in [0.29, 0.717) is 5.92 Å². The molecular weight excluding hydrogens is 212 g/mol. The largest absolute Gasteiger partial charge is 0.379 e. The molecule has 0 saturated carbocycles. The molecule has 0 aliphatic rings. The van der Waals surface area contributed by atoms with E-state index in [1.807, 2.05) is 0 Å². The molecule has 1 rings (SSSR count). The summed E-state index contributed by atoms with van der Waals surface area (Å²) >= 11 is 0. The van der Waals surface area contributed by atoms with E-state index in [0.717, 1.165) is 13.0 Å². The fraction of sp³-hybridized carbons (Fsp3) is 0.714. The minimum atomic E-state index is -0.0649. The molecule has 3 heteroatoms. The molecule has 1 heterocycles. The molecule has 0 aromatic carbocycles. The first-order valence-electron chi connectivity index (χ1n) is 6.32. The summed E-state index contributed by atoms with van der Waals surface area (Å²) in [5.41, 5.74) is 7.27. The van der Waals surface area contributed by atoms with Crippen molar-refractivity contribution in [3.8, 4) is 0 Å². The van der Waals surface area contributed by atoms with Gasteiger partial charge in [-0.25, -0.2) is 0 Å². The van der Waals surface area contributed by atoms with Crippen LogP contribution in [-0.2, 0) is 11.3 Å². The molecule has 0 spiro atoms. The summed E-state index contributed by atoms with van der Waals surface area (Å²) in [4.78, 5) is 0. The van der Waals surface area contributed by atoms with Crippen molar-refractivity contribution in [2.75, 3.05) is 7.11 Å². The van der Waals surface area contributed by atoms with Crippen molar-refractivity contribution in [3.05, 3.63) is 24.0 Å². The van der Waals surface area contributed by atoms with Gasteiger partial charge in [0.2, 0.25) is 0 Å². The van der Waals surface area contributed by atoms with Crippen molar-refractivity contribution in [3.63, 3.8) is 0 Å². The maximum Gasteiger partial charge on any atom is 0.0639 e. The predicted molar refractivity (Wildman–Crippen MR) is 71.9 cm³/mol. The molecule has 0 radical (unpaired) electrons. The van der Waals surface area contributed by atoms with Gasteiger partial charge in [0.1, 0.15) is 0 Å². The lowest BCUT2D eigenvalue weighted by atomic mass is 10.00. The Hall–Kier alpha value is -0.800. The van der Waals surface area contributed by atoms with Crippen molar-refractivity contribution in [2.24, 2.45) is 11.7 Å². The van der Waals surface area contributed by atoms with E-state index >= 15 is 0 Å². The van der Waals surface area contributed by atoms with E-state index in [2.05, 4.69) is 50.7 Å². The summed E-state index contributed by atoms with van der Waals surface area (Å²) in [6, 6.07) is 2.25. The number of rotatable bonds is 6. The van der Waals surface area contributed by atoms with Crippen LogP contribution in [0.2, 0.25) is 0 Å². The van der Waals surface area contributed by atoms with Crippen LogP contribution in [0, 0.1) is 5.92 Å². The van der Waals surface area contributed by atoms with Gasteiger partial charge in [0.15, 0.2) is 0 Å². The Morgan fingerprint density at radius 2 is 2.06 bits per heavy atom. The maximum atomic E-state index is 6.12. The number of nitrogens with two attached hydrogens (primary N) is 1. The van der Waals surface area contributed by atoms with Crippen LogP contribution in [0.1, 0.15) is 45.7 Å². The zero-order chi connectivity index (χ0) is 13.1. The number of nitrogens with zero attached hydrogens (tertiary/aromatic N) is 1. The summed E-state index contributed by atoms with van der Waals surface area (Å²) < 4.78 is 7.61. The van der Waals surface area contributed by atoms with Crippen molar-refractivity contribution in [1.82, 2.24) is 4.57 Å². The van der Waals surface area contributed by atoms with Crippen molar-refractivity contribution >= 4 is 0 Å². The number of hydrogen-bond donors (Lipinski definition) is 1. The van der Waals surface area contributed by atoms with Gasteiger partial charge in [0.25, 0.3) is 0 Å². The Morgan fingerprint density at radius 1 is 1.41 bits per heavy atom. The highest BCUT2D eigenvalue weighted by Gasteiger charge is 2.16. The van der Waals surface area contributed by atoms with E-state index < -0.39 is 0 Å². The maximum absolute atomic E-state index is 6.12. The van der Waals surface area contributed by atoms with Crippen molar-refractivity contribution in [1.29, 1.82) is 0 Å². The van der Waals surface area contributed by atoms with Gasteiger partial charge in [-0.2, -0.15) is 0 Å². The van der Waals surface area contributed by atoms with Crippen molar-refractivity contribution < 1.29 is 4.74 Å². The third-order valence-corrected chi connectivity index (χ3v) is 3.40. The van der Waals surface area contributed by atoms with Crippen molar-refractivity contribution in [2.45, 2.75) is 52.3 Å². The first-order valence-corrected chi connectivity index (χ1v) is 6.32. The van der Waals surface area contributed by atoms with E-state index in [4.69, 9.17) is 10.5 Å². The van der Waals surface area contributed by atoms with Crippen LogP contribution in [0.15, 0.2) is 18.5 Å². The van der Waals surface area contributed by atoms with E-state index in [1.54, 1.807) is 7.11 Å². The molecular formula is C14H26N2O. The van der Waals surface area contributed by atoms with Gasteiger partial charge in [0.05, 0.1) is 5.60 Å². The molecule has 17 heavy (non-hydrogen) atoms. The molecule has 1 aromatic heterocycles. The van der Waals surface area contributed by atoms with Crippen LogP contribution < -0.4 is 5.73 Å². The molecule has 0 aliphatic heterocycles. The zero-order valence-electron chi connectivity index (χ0n) is 11.7. The highest BCUT2D eigenvalue weighted by Crippen LogP contribution is 2.20. The van der Waals surface area contributed by atoms with Crippen LogP contribution in [-0.4, -0.2) is 17.3 Å². The summed E-state index contributed by atoms with van der Waals surface area (Å²) in [7, 11) is 1.76. The van der Waals surface area contributed by atoms with Crippen LogP contribution >= 0.6 is 0 Å². The number of aryl methyl sites for hydroxylation is 1. The Balaban J connectivity index is 2.57. The summed E-state index contributed by atoms with van der Waals surface area (Å²) in [6.45, 7) is 9.48. The molecule has 2 N–H and O–H groups in total. The second-order valence-corrected chi connectivity index (χ2v) is 5.67. The third kappa shape index (κ3) is 4.17. The molecule has 0 bridgehead atoms. The molecule has 1 unspecified atom stereocenters. The Kier molecular flexibility index (Phi) is 4.78. The summed E-state index contributed by atoms with van der Waals surface area (Å²) in [5, 5.41) is 0. The predicted octanol–water partition coefficient (Wildman–Crippen LogP) is 2.96. The minimum absolute atomic E-state index is 0.0649. The van der Waals surface area contributed by atoms with Gasteiger partial charge in [0, 0.05) is 32.1 Å². The molecule has 0 fully saturated rings. The first kappa shape index (κ1) is 14.3. The Morgan fingerprint density at radius 3 is 2.59 bits per heavy atom. The number of aromatic nitrogens is 1. The monoisotopic (exact) mass is 238 g/mol. The van der Waals surface area contributed by atoms with Crippen LogP contribution in [0.25, 0.3) is 0 Å². The molecule has 3 nitrogen and oxygen atoms in total. The van der Waals surface area contributed by atoms with Crippen LogP contribution in [0.5, 0.6) is 0 Å². The standard InChI is InChI=1S/C14H26N2O/c1-11(2)13(15)12-6-8-16(10-12)9-7-14(3,4)17-5/h6,8,10-11,13H,7,9,15H2,1-5H3. The molecule has 0 amide bonds. The molecule has 0 saturated heterocycles. The van der Waals surface area contributed by atoms with E-state index in [9.17, 15) is 0 Å². The normalized spacial score (nSPS) is 14.3. The summed E-state index contributed by atoms with van der Waals surface area (Å²) in [6.07, 6.45) is 5.24. The smallest absolute Gasteiger partial charge is 0.0639 e. The van der Waals surface area contributed by atoms with E-state index in [1.165, 1.54) is 5.56 Å². The first-order chi connectivity index (χ1) is 7.85. The lowest BCUT2D eigenvalue weighted by Gasteiger charge is -2.22. The fourth-order valence-corrected chi connectivity index (χ4v) is 1.68. The van der Waals surface area contributed by atoms with Gasteiger partial charge in [-0.3, -0.25) is 0 Å². The lowest BCUT2D eigenvalue weighted by molar-refractivity contribution is 0.0120. The Labute approximate surface area is 105 Å². The van der Waals surface area contributed by atoms with Gasteiger partial charge >= 0.3 is 0 Å². The van der Waals surface area contributed by atoms with Gasteiger partial charge < -0.3 is 15.0 Å². The third-order valence-electron chi connectivity index (χ3n) is 3.40. The molecule has 0 aliphatic carbocycles. The SMILES string of the molecule is COC(C)(C)CCn1ccc(C(N)C(C)C)c1. The van der Waals surface area contributed by atoms with Crippen LogP contribution in [0.4, 0.5) is 0 Å². The van der Waals surface area contributed by atoms with Gasteiger partial charge in [-0.15, -0.1) is 0 Å². The number of hydrogen-bond acceptors (Lipinski definition) is 2. The zero-order valence-corrected chi connectivity index (χ0v) is 11.7. The lowest BCUT2D eigenvalue weighted by Crippen LogP contribution is -2.24. The molecule has 1 aromatic rings. The second-order valence-electron chi connectivity index (χ2n) is 5.67. The molecule has 1 atom stereocenters. The van der Waals surface area contributed by atoms with Crippen LogP contribution in [0.3, 0.4) is 0 Å². The van der Waals surface area contributed by atoms with Gasteiger partial charge in [-0.1, -0.05) is 13.8 Å².